The Bertz CT molecular complexity index is 2740. The van der Waals surface area contributed by atoms with Crippen molar-refractivity contribution in [1.29, 1.82) is 0 Å². The van der Waals surface area contributed by atoms with Gasteiger partial charge in [0.1, 0.15) is 5.52 Å². The highest BCUT2D eigenvalue weighted by atomic mass is 16.3. The number of anilines is 3. The Kier molecular flexibility index (Phi) is 5.92. The molecule has 1 heterocycles. The molecule has 8 aromatic carbocycles. The molecular formula is C46H32N2O. The lowest BCUT2D eigenvalue weighted by Crippen LogP contribution is -2.16. The summed E-state index contributed by atoms with van der Waals surface area (Å²) in [4.78, 5) is 7.50. The van der Waals surface area contributed by atoms with Crippen molar-refractivity contribution in [2.24, 2.45) is 0 Å². The smallest absolute Gasteiger partial charge is 0.227 e. The van der Waals surface area contributed by atoms with Crippen LogP contribution in [0.25, 0.3) is 66.0 Å². The summed E-state index contributed by atoms with van der Waals surface area (Å²) in [6.45, 7) is 4.69. The highest BCUT2D eigenvalue weighted by Crippen LogP contribution is 2.51. The van der Waals surface area contributed by atoms with E-state index in [0.29, 0.717) is 5.89 Å². The van der Waals surface area contributed by atoms with E-state index in [4.69, 9.17) is 9.40 Å². The van der Waals surface area contributed by atoms with Gasteiger partial charge in [0.05, 0.1) is 0 Å². The Morgan fingerprint density at radius 3 is 2.00 bits per heavy atom. The fourth-order valence-electron chi connectivity index (χ4n) is 8.08. The summed E-state index contributed by atoms with van der Waals surface area (Å²) in [5, 5.41) is 6.88. The average Bonchev–Trinajstić information content (AvgIpc) is 3.70. The maximum absolute atomic E-state index is 6.52. The molecular weight excluding hydrogens is 597 g/mol. The van der Waals surface area contributed by atoms with Crippen molar-refractivity contribution in [2.75, 3.05) is 4.90 Å². The molecule has 0 saturated carbocycles. The van der Waals surface area contributed by atoms with Gasteiger partial charge in [-0.3, -0.25) is 0 Å². The van der Waals surface area contributed by atoms with E-state index in [-0.39, 0.29) is 5.41 Å². The van der Waals surface area contributed by atoms with E-state index in [9.17, 15) is 0 Å². The SMILES string of the molecule is CC1(C)c2ccccc2-c2ccc(N(c3ccccc3)c3ccc4ccc5c6nc(-c7ccccc7)oc6c6ccccc6c5c4c3)cc21. The number of para-hydroxylation sites is 1. The molecule has 0 fully saturated rings. The van der Waals surface area contributed by atoms with Crippen LogP contribution in [-0.2, 0) is 5.41 Å². The number of fused-ring (bicyclic) bond motifs is 11. The van der Waals surface area contributed by atoms with Crippen LogP contribution in [0.4, 0.5) is 17.1 Å². The van der Waals surface area contributed by atoms with Crippen molar-refractivity contribution < 1.29 is 4.42 Å². The molecule has 0 unspecified atom stereocenters. The topological polar surface area (TPSA) is 29.3 Å². The van der Waals surface area contributed by atoms with Crippen LogP contribution in [0.5, 0.6) is 0 Å². The third-order valence-electron chi connectivity index (χ3n) is 10.4. The van der Waals surface area contributed by atoms with Crippen LogP contribution < -0.4 is 4.90 Å². The van der Waals surface area contributed by atoms with Crippen LogP contribution in [0.2, 0.25) is 0 Å². The van der Waals surface area contributed by atoms with E-state index in [1.54, 1.807) is 0 Å². The standard InChI is InChI=1S/C46H32N2O/c1-46(2)40-20-12-11-17-34(40)35-26-24-33(28-41(35)46)48(31-15-7-4-8-16-31)32-23-21-29-22-25-38-42(39(29)27-32)36-18-9-10-19-37(36)44-43(38)47-45(49-44)30-13-5-3-6-14-30/h3-28H,1-2H3. The molecule has 232 valence electrons. The normalized spacial score (nSPS) is 13.3. The molecule has 3 nitrogen and oxygen atoms in total. The minimum atomic E-state index is -0.0929. The van der Waals surface area contributed by atoms with Gasteiger partial charge in [-0.1, -0.05) is 123 Å². The maximum atomic E-state index is 6.52. The van der Waals surface area contributed by atoms with Gasteiger partial charge in [-0.15, -0.1) is 0 Å². The number of hydrogen-bond acceptors (Lipinski definition) is 3. The fraction of sp³-hybridized carbons (Fsp3) is 0.0652. The molecule has 0 radical (unpaired) electrons. The Labute approximate surface area is 284 Å². The Morgan fingerprint density at radius 1 is 0.510 bits per heavy atom. The van der Waals surface area contributed by atoms with Crippen molar-refractivity contribution in [3.8, 4) is 22.6 Å². The summed E-state index contributed by atoms with van der Waals surface area (Å²) in [7, 11) is 0. The summed E-state index contributed by atoms with van der Waals surface area (Å²) in [5.41, 5.74) is 11.3. The molecule has 0 N–H and O–H groups in total. The third kappa shape index (κ3) is 4.12. The Balaban J connectivity index is 1.22. The van der Waals surface area contributed by atoms with Crippen LogP contribution >= 0.6 is 0 Å². The number of rotatable bonds is 4. The van der Waals surface area contributed by atoms with Gasteiger partial charge in [0.25, 0.3) is 0 Å². The molecule has 1 aromatic heterocycles. The average molecular weight is 629 g/mol. The number of oxazole rings is 1. The van der Waals surface area contributed by atoms with Gasteiger partial charge in [-0.05, 0) is 92.3 Å². The fourth-order valence-corrected chi connectivity index (χ4v) is 8.08. The molecule has 0 amide bonds. The monoisotopic (exact) mass is 628 g/mol. The molecule has 10 rings (SSSR count). The van der Waals surface area contributed by atoms with Crippen LogP contribution in [0.15, 0.2) is 162 Å². The highest BCUT2D eigenvalue weighted by Gasteiger charge is 2.35. The van der Waals surface area contributed by atoms with Gasteiger partial charge in [-0.25, -0.2) is 4.98 Å². The zero-order chi connectivity index (χ0) is 32.7. The summed E-state index contributed by atoms with van der Waals surface area (Å²) < 4.78 is 6.52. The Morgan fingerprint density at radius 2 is 1.16 bits per heavy atom. The van der Waals surface area contributed by atoms with Crippen molar-refractivity contribution in [3.05, 3.63) is 169 Å². The van der Waals surface area contributed by atoms with Crippen LogP contribution in [0, 0.1) is 0 Å². The molecule has 9 aromatic rings. The van der Waals surface area contributed by atoms with E-state index in [1.807, 2.05) is 30.3 Å². The van der Waals surface area contributed by atoms with Crippen molar-refractivity contribution >= 4 is 60.5 Å². The van der Waals surface area contributed by atoms with Crippen molar-refractivity contribution in [3.63, 3.8) is 0 Å². The van der Waals surface area contributed by atoms with E-state index in [2.05, 4.69) is 146 Å². The first-order valence-corrected chi connectivity index (χ1v) is 16.9. The lowest BCUT2D eigenvalue weighted by molar-refractivity contribution is 0.623. The quantitative estimate of drug-likeness (QED) is 0.182. The first-order valence-electron chi connectivity index (χ1n) is 16.9. The molecule has 1 aliphatic carbocycles. The zero-order valence-electron chi connectivity index (χ0n) is 27.3. The lowest BCUT2D eigenvalue weighted by atomic mass is 9.82. The van der Waals surface area contributed by atoms with Crippen LogP contribution in [0.3, 0.4) is 0 Å². The second-order valence-electron chi connectivity index (χ2n) is 13.6. The summed E-state index contributed by atoms with van der Waals surface area (Å²) in [6, 6.07) is 56.5. The third-order valence-corrected chi connectivity index (χ3v) is 10.4. The highest BCUT2D eigenvalue weighted by molar-refractivity contribution is 6.30. The van der Waals surface area contributed by atoms with Gasteiger partial charge in [0.15, 0.2) is 5.58 Å². The molecule has 0 bridgehead atoms. The summed E-state index contributed by atoms with van der Waals surface area (Å²) in [5.74, 6) is 0.638. The van der Waals surface area contributed by atoms with Crippen molar-refractivity contribution in [1.82, 2.24) is 4.98 Å². The number of nitrogens with zero attached hydrogens (tertiary/aromatic N) is 2. The molecule has 0 spiro atoms. The number of aromatic nitrogens is 1. The van der Waals surface area contributed by atoms with Crippen LogP contribution in [-0.4, -0.2) is 4.98 Å². The predicted molar refractivity (Wildman–Crippen MR) is 204 cm³/mol. The van der Waals surface area contributed by atoms with E-state index in [1.165, 1.54) is 38.4 Å². The maximum Gasteiger partial charge on any atom is 0.227 e. The molecule has 0 atom stereocenters. The number of benzene rings is 8. The Hall–Kier alpha value is -6.19. The van der Waals surface area contributed by atoms with Gasteiger partial charge >= 0.3 is 0 Å². The zero-order valence-corrected chi connectivity index (χ0v) is 27.3. The second kappa shape index (κ2) is 10.4. The molecule has 49 heavy (non-hydrogen) atoms. The van der Waals surface area contributed by atoms with Crippen molar-refractivity contribution in [2.45, 2.75) is 19.3 Å². The second-order valence-corrected chi connectivity index (χ2v) is 13.6. The minimum Gasteiger partial charge on any atom is -0.435 e. The minimum absolute atomic E-state index is 0.0929. The van der Waals surface area contributed by atoms with E-state index >= 15 is 0 Å². The van der Waals surface area contributed by atoms with E-state index < -0.39 is 0 Å². The van der Waals surface area contributed by atoms with Gasteiger partial charge < -0.3 is 9.32 Å². The lowest BCUT2D eigenvalue weighted by Gasteiger charge is -2.28. The molecule has 3 heteroatoms. The van der Waals surface area contributed by atoms with Crippen LogP contribution in [0.1, 0.15) is 25.0 Å². The van der Waals surface area contributed by atoms with Gasteiger partial charge in [-0.2, -0.15) is 0 Å². The van der Waals surface area contributed by atoms with Gasteiger partial charge in [0.2, 0.25) is 5.89 Å². The largest absolute Gasteiger partial charge is 0.435 e. The number of hydrogen-bond donors (Lipinski definition) is 0. The van der Waals surface area contributed by atoms with Gasteiger partial charge in [0, 0.05) is 38.8 Å². The first kappa shape index (κ1) is 27.9. The van der Waals surface area contributed by atoms with E-state index in [0.717, 1.165) is 49.9 Å². The predicted octanol–water partition coefficient (Wildman–Crippen LogP) is 12.7. The molecule has 1 aliphatic rings. The molecule has 0 saturated heterocycles. The molecule has 0 aliphatic heterocycles. The summed E-state index contributed by atoms with van der Waals surface area (Å²) >= 11 is 0. The summed E-state index contributed by atoms with van der Waals surface area (Å²) in [6.07, 6.45) is 0. The first-order chi connectivity index (χ1) is 24.1.